The van der Waals surface area contributed by atoms with Crippen molar-refractivity contribution >= 4 is 21.6 Å². The molecule has 0 saturated heterocycles. The topological polar surface area (TPSA) is 84.5 Å². The second-order valence-electron chi connectivity index (χ2n) is 6.97. The smallest absolute Gasteiger partial charge is 0.261 e. The van der Waals surface area contributed by atoms with Crippen LogP contribution < -0.4 is 14.8 Å². The molecular weight excluding hydrogens is 400 g/mol. The van der Waals surface area contributed by atoms with Gasteiger partial charge in [0.2, 0.25) is 0 Å². The standard InChI is InChI=1S/C23H24N2O4S/c1-16-7-9-18(10-8-16)17(2)24-23(26)19-5-4-6-22(15-19)30(27,28)25-20-11-13-21(29-3)14-12-20/h4-15,17,25H,1-3H3,(H,24,26). The van der Waals surface area contributed by atoms with Crippen LogP contribution in [0.1, 0.15) is 34.5 Å². The van der Waals surface area contributed by atoms with Crippen LogP contribution in [-0.4, -0.2) is 21.4 Å². The summed E-state index contributed by atoms with van der Waals surface area (Å²) in [5.41, 5.74) is 2.78. The minimum atomic E-state index is -3.85. The number of ether oxygens (including phenoxy) is 1. The molecule has 0 radical (unpaired) electrons. The van der Waals surface area contributed by atoms with Crippen LogP contribution >= 0.6 is 0 Å². The fraction of sp³-hybridized carbons (Fsp3) is 0.174. The van der Waals surface area contributed by atoms with E-state index in [1.54, 1.807) is 36.4 Å². The molecule has 30 heavy (non-hydrogen) atoms. The third kappa shape index (κ3) is 5.18. The number of carbonyl (C=O) groups is 1. The molecule has 0 aliphatic rings. The van der Waals surface area contributed by atoms with E-state index in [9.17, 15) is 13.2 Å². The van der Waals surface area contributed by atoms with Crippen LogP contribution in [0.2, 0.25) is 0 Å². The van der Waals surface area contributed by atoms with Gasteiger partial charge in [-0.1, -0.05) is 35.9 Å². The van der Waals surface area contributed by atoms with Gasteiger partial charge in [0.05, 0.1) is 18.0 Å². The molecule has 0 spiro atoms. The zero-order chi connectivity index (χ0) is 21.7. The number of rotatable bonds is 7. The highest BCUT2D eigenvalue weighted by Gasteiger charge is 2.18. The first kappa shape index (κ1) is 21.4. The third-order valence-corrected chi connectivity index (χ3v) is 6.05. The number of hydrogen-bond donors (Lipinski definition) is 2. The lowest BCUT2D eigenvalue weighted by Gasteiger charge is -2.15. The number of benzene rings is 3. The molecule has 2 N–H and O–H groups in total. The van der Waals surface area contributed by atoms with E-state index in [2.05, 4.69) is 10.0 Å². The van der Waals surface area contributed by atoms with E-state index in [0.717, 1.165) is 11.1 Å². The van der Waals surface area contributed by atoms with Crippen molar-refractivity contribution < 1.29 is 17.9 Å². The van der Waals surface area contributed by atoms with Gasteiger partial charge < -0.3 is 10.1 Å². The minimum absolute atomic E-state index is 0.00829. The van der Waals surface area contributed by atoms with Gasteiger partial charge in [0.15, 0.2) is 0 Å². The normalized spacial score (nSPS) is 12.1. The maximum atomic E-state index is 12.7. The predicted octanol–water partition coefficient (Wildman–Crippen LogP) is 4.30. The molecule has 1 atom stereocenters. The lowest BCUT2D eigenvalue weighted by molar-refractivity contribution is 0.0939. The Kier molecular flexibility index (Phi) is 6.42. The number of nitrogens with one attached hydrogen (secondary N) is 2. The zero-order valence-corrected chi connectivity index (χ0v) is 17.9. The highest BCUT2D eigenvalue weighted by Crippen LogP contribution is 2.20. The average Bonchev–Trinajstić information content (AvgIpc) is 2.74. The Morgan fingerprint density at radius 2 is 1.63 bits per heavy atom. The molecule has 0 aliphatic heterocycles. The summed E-state index contributed by atoms with van der Waals surface area (Å²) in [6.07, 6.45) is 0. The summed E-state index contributed by atoms with van der Waals surface area (Å²) in [7, 11) is -2.31. The summed E-state index contributed by atoms with van der Waals surface area (Å²) in [6.45, 7) is 3.88. The number of hydrogen-bond acceptors (Lipinski definition) is 4. The van der Waals surface area contributed by atoms with Gasteiger partial charge >= 0.3 is 0 Å². The van der Waals surface area contributed by atoms with Crippen LogP contribution in [0, 0.1) is 6.92 Å². The Morgan fingerprint density at radius 3 is 2.27 bits per heavy atom. The maximum absolute atomic E-state index is 12.7. The Balaban J connectivity index is 1.75. The van der Waals surface area contributed by atoms with Gasteiger partial charge in [0.25, 0.3) is 15.9 Å². The summed E-state index contributed by atoms with van der Waals surface area (Å²) >= 11 is 0. The van der Waals surface area contributed by atoms with Crippen molar-refractivity contribution in [2.75, 3.05) is 11.8 Å². The SMILES string of the molecule is COc1ccc(NS(=O)(=O)c2cccc(C(=O)NC(C)c3ccc(C)cc3)c2)cc1. The largest absolute Gasteiger partial charge is 0.497 e. The molecule has 3 rings (SSSR count). The summed E-state index contributed by atoms with van der Waals surface area (Å²) < 4.78 is 33.0. The van der Waals surface area contributed by atoms with Crippen molar-refractivity contribution in [2.24, 2.45) is 0 Å². The Labute approximate surface area is 177 Å². The lowest BCUT2D eigenvalue weighted by atomic mass is 10.1. The summed E-state index contributed by atoms with van der Waals surface area (Å²) in [4.78, 5) is 12.7. The molecule has 0 bridgehead atoms. The van der Waals surface area contributed by atoms with Crippen molar-refractivity contribution in [3.63, 3.8) is 0 Å². The van der Waals surface area contributed by atoms with Crippen molar-refractivity contribution in [1.82, 2.24) is 5.32 Å². The van der Waals surface area contributed by atoms with Gasteiger partial charge in [-0.25, -0.2) is 8.42 Å². The van der Waals surface area contributed by atoms with Crippen LogP contribution in [0.3, 0.4) is 0 Å². The molecule has 0 saturated carbocycles. The van der Waals surface area contributed by atoms with Gasteiger partial charge in [0, 0.05) is 11.3 Å². The van der Waals surface area contributed by atoms with Gasteiger partial charge in [0.1, 0.15) is 5.75 Å². The monoisotopic (exact) mass is 424 g/mol. The molecule has 156 valence electrons. The molecule has 6 nitrogen and oxygen atoms in total. The number of methoxy groups -OCH3 is 1. The Bertz CT molecular complexity index is 1120. The minimum Gasteiger partial charge on any atom is -0.497 e. The molecule has 1 unspecified atom stereocenters. The molecule has 7 heteroatoms. The van der Waals surface area contributed by atoms with Crippen LogP contribution in [0.4, 0.5) is 5.69 Å². The molecule has 1 amide bonds. The molecule has 3 aromatic carbocycles. The maximum Gasteiger partial charge on any atom is 0.261 e. The molecule has 0 heterocycles. The highest BCUT2D eigenvalue weighted by molar-refractivity contribution is 7.92. The number of sulfonamides is 1. The Morgan fingerprint density at radius 1 is 0.967 bits per heavy atom. The van der Waals surface area contributed by atoms with E-state index in [0.29, 0.717) is 11.4 Å². The van der Waals surface area contributed by atoms with E-state index in [-0.39, 0.29) is 22.4 Å². The van der Waals surface area contributed by atoms with Gasteiger partial charge in [-0.3, -0.25) is 9.52 Å². The van der Waals surface area contributed by atoms with Crippen molar-refractivity contribution in [2.45, 2.75) is 24.8 Å². The number of aryl methyl sites for hydroxylation is 1. The molecular formula is C23H24N2O4S. The molecule has 3 aromatic rings. The van der Waals surface area contributed by atoms with E-state index in [4.69, 9.17) is 4.74 Å². The summed E-state index contributed by atoms with van der Waals surface area (Å²) in [5, 5.41) is 2.90. The summed E-state index contributed by atoms with van der Waals surface area (Å²) in [5.74, 6) is 0.281. The van der Waals surface area contributed by atoms with Crippen LogP contribution in [0.5, 0.6) is 5.75 Å². The zero-order valence-electron chi connectivity index (χ0n) is 17.0. The molecule has 0 fully saturated rings. The number of anilines is 1. The van der Waals surface area contributed by atoms with E-state index in [1.807, 2.05) is 38.1 Å². The number of amides is 1. The van der Waals surface area contributed by atoms with Crippen molar-refractivity contribution in [1.29, 1.82) is 0 Å². The van der Waals surface area contributed by atoms with Gasteiger partial charge in [-0.05, 0) is 61.9 Å². The number of carbonyl (C=O) groups excluding carboxylic acids is 1. The van der Waals surface area contributed by atoms with Crippen LogP contribution in [-0.2, 0) is 10.0 Å². The Hall–Kier alpha value is -3.32. The van der Waals surface area contributed by atoms with Crippen LogP contribution in [0.15, 0.2) is 77.7 Å². The second-order valence-corrected chi connectivity index (χ2v) is 8.65. The highest BCUT2D eigenvalue weighted by atomic mass is 32.2. The van der Waals surface area contributed by atoms with Crippen molar-refractivity contribution in [3.8, 4) is 5.75 Å². The van der Waals surface area contributed by atoms with Gasteiger partial charge in [-0.15, -0.1) is 0 Å². The predicted molar refractivity (Wildman–Crippen MR) is 117 cm³/mol. The first-order valence-electron chi connectivity index (χ1n) is 9.43. The third-order valence-electron chi connectivity index (χ3n) is 4.67. The molecule has 0 aromatic heterocycles. The fourth-order valence-electron chi connectivity index (χ4n) is 2.90. The lowest BCUT2D eigenvalue weighted by Crippen LogP contribution is -2.27. The second kappa shape index (κ2) is 9.00. The first-order chi connectivity index (χ1) is 14.3. The van der Waals surface area contributed by atoms with E-state index < -0.39 is 10.0 Å². The summed E-state index contributed by atoms with van der Waals surface area (Å²) in [6, 6.07) is 20.2. The van der Waals surface area contributed by atoms with Gasteiger partial charge in [-0.2, -0.15) is 0 Å². The molecule has 0 aliphatic carbocycles. The first-order valence-corrected chi connectivity index (χ1v) is 10.9. The van der Waals surface area contributed by atoms with Crippen molar-refractivity contribution in [3.05, 3.63) is 89.5 Å². The van der Waals surface area contributed by atoms with Crippen LogP contribution in [0.25, 0.3) is 0 Å². The average molecular weight is 425 g/mol. The van der Waals surface area contributed by atoms with E-state index in [1.165, 1.54) is 19.2 Å². The fourth-order valence-corrected chi connectivity index (χ4v) is 4.00. The quantitative estimate of drug-likeness (QED) is 0.592. The van der Waals surface area contributed by atoms with E-state index >= 15 is 0 Å².